The summed E-state index contributed by atoms with van der Waals surface area (Å²) in [5.41, 5.74) is 3.61. The Balaban J connectivity index is 2.25. The van der Waals surface area contributed by atoms with Crippen LogP contribution in [0.3, 0.4) is 0 Å². The highest BCUT2D eigenvalue weighted by molar-refractivity contribution is 5.96. The number of rotatable bonds is 3. The van der Waals surface area contributed by atoms with E-state index in [-0.39, 0.29) is 11.4 Å². The van der Waals surface area contributed by atoms with E-state index in [1.807, 2.05) is 30.3 Å². The Morgan fingerprint density at radius 3 is 2.19 bits per heavy atom. The number of hydrogen-bond acceptors (Lipinski definition) is 3. The van der Waals surface area contributed by atoms with Gasteiger partial charge in [-0.1, -0.05) is 45.0 Å². The highest BCUT2D eigenvalue weighted by atomic mass is 16.5. The molecule has 0 saturated carbocycles. The SMILES string of the molecule is COC(=O)c1ccccc1Nc1ccc(C(C)(C)C)cc1. The van der Waals surface area contributed by atoms with Gasteiger partial charge in [0, 0.05) is 5.69 Å². The number of esters is 1. The summed E-state index contributed by atoms with van der Waals surface area (Å²) in [7, 11) is 1.39. The normalized spacial score (nSPS) is 11.0. The van der Waals surface area contributed by atoms with Gasteiger partial charge in [0.05, 0.1) is 18.4 Å². The Bertz CT molecular complexity index is 624. The average molecular weight is 283 g/mol. The van der Waals surface area contributed by atoms with Gasteiger partial charge in [0.1, 0.15) is 0 Å². The lowest BCUT2D eigenvalue weighted by Gasteiger charge is -2.19. The van der Waals surface area contributed by atoms with Gasteiger partial charge in [-0.15, -0.1) is 0 Å². The lowest BCUT2D eigenvalue weighted by molar-refractivity contribution is 0.0602. The van der Waals surface area contributed by atoms with Crippen molar-refractivity contribution in [3.05, 3.63) is 59.7 Å². The molecule has 110 valence electrons. The molecule has 2 aromatic carbocycles. The summed E-state index contributed by atoms with van der Waals surface area (Å²) in [6.45, 7) is 6.55. The minimum Gasteiger partial charge on any atom is -0.465 e. The summed E-state index contributed by atoms with van der Waals surface area (Å²) in [5, 5.41) is 3.27. The van der Waals surface area contributed by atoms with Gasteiger partial charge in [0.2, 0.25) is 0 Å². The van der Waals surface area contributed by atoms with Crippen LogP contribution < -0.4 is 5.32 Å². The van der Waals surface area contributed by atoms with Gasteiger partial charge in [0.25, 0.3) is 0 Å². The molecule has 0 aliphatic rings. The quantitative estimate of drug-likeness (QED) is 0.842. The van der Waals surface area contributed by atoms with Gasteiger partial charge >= 0.3 is 5.97 Å². The van der Waals surface area contributed by atoms with Crippen molar-refractivity contribution < 1.29 is 9.53 Å². The van der Waals surface area contributed by atoms with E-state index in [0.29, 0.717) is 5.56 Å². The van der Waals surface area contributed by atoms with Crippen LogP contribution in [0.5, 0.6) is 0 Å². The third kappa shape index (κ3) is 3.63. The van der Waals surface area contributed by atoms with Crippen LogP contribution in [-0.4, -0.2) is 13.1 Å². The fourth-order valence-electron chi connectivity index (χ4n) is 2.09. The first kappa shape index (κ1) is 15.1. The fourth-order valence-corrected chi connectivity index (χ4v) is 2.09. The van der Waals surface area contributed by atoms with Gasteiger partial charge in [0.15, 0.2) is 0 Å². The highest BCUT2D eigenvalue weighted by Gasteiger charge is 2.14. The molecule has 3 heteroatoms. The second-order valence-electron chi connectivity index (χ2n) is 5.99. The molecule has 0 heterocycles. The molecule has 0 bridgehead atoms. The van der Waals surface area contributed by atoms with Gasteiger partial charge in [-0.25, -0.2) is 4.79 Å². The molecule has 0 aliphatic heterocycles. The molecule has 0 saturated heterocycles. The summed E-state index contributed by atoms with van der Waals surface area (Å²) in [6.07, 6.45) is 0. The van der Waals surface area contributed by atoms with Crippen LogP contribution in [0.4, 0.5) is 11.4 Å². The van der Waals surface area contributed by atoms with Crippen LogP contribution in [0.15, 0.2) is 48.5 Å². The van der Waals surface area contributed by atoms with Crippen LogP contribution in [-0.2, 0) is 10.2 Å². The Morgan fingerprint density at radius 2 is 1.62 bits per heavy atom. The van der Waals surface area contributed by atoms with Gasteiger partial charge in [-0.05, 0) is 35.2 Å². The van der Waals surface area contributed by atoms with Crippen LogP contribution >= 0.6 is 0 Å². The van der Waals surface area contributed by atoms with E-state index in [0.717, 1.165) is 11.4 Å². The smallest absolute Gasteiger partial charge is 0.339 e. The number of benzene rings is 2. The van der Waals surface area contributed by atoms with Crippen LogP contribution in [0.1, 0.15) is 36.7 Å². The molecule has 0 spiro atoms. The molecule has 0 radical (unpaired) electrons. The molecule has 3 nitrogen and oxygen atoms in total. The van der Waals surface area contributed by atoms with Crippen molar-refractivity contribution >= 4 is 17.3 Å². The summed E-state index contributed by atoms with van der Waals surface area (Å²) in [4.78, 5) is 11.7. The van der Waals surface area contributed by atoms with Gasteiger partial charge in [-0.3, -0.25) is 0 Å². The molecule has 0 aliphatic carbocycles. The zero-order valence-electron chi connectivity index (χ0n) is 12.9. The maximum Gasteiger partial charge on any atom is 0.339 e. The van der Waals surface area contributed by atoms with Crippen LogP contribution in [0.2, 0.25) is 0 Å². The minimum atomic E-state index is -0.343. The number of para-hydroxylation sites is 1. The van der Waals surface area contributed by atoms with Crippen molar-refractivity contribution in [1.82, 2.24) is 0 Å². The summed E-state index contributed by atoms with van der Waals surface area (Å²) in [5.74, 6) is -0.343. The van der Waals surface area contributed by atoms with Crippen molar-refractivity contribution in [2.45, 2.75) is 26.2 Å². The third-order valence-corrected chi connectivity index (χ3v) is 3.36. The Labute approximate surface area is 126 Å². The molecular formula is C18H21NO2. The molecular weight excluding hydrogens is 262 g/mol. The number of nitrogens with one attached hydrogen (secondary N) is 1. The lowest BCUT2D eigenvalue weighted by Crippen LogP contribution is -2.10. The van der Waals surface area contributed by atoms with Gasteiger partial charge < -0.3 is 10.1 Å². The summed E-state index contributed by atoms with van der Waals surface area (Å²) in [6, 6.07) is 15.6. The molecule has 2 rings (SSSR count). The zero-order valence-corrected chi connectivity index (χ0v) is 12.9. The molecule has 0 unspecified atom stereocenters. The molecule has 1 N–H and O–H groups in total. The number of ether oxygens (including phenoxy) is 1. The maximum absolute atomic E-state index is 11.7. The lowest BCUT2D eigenvalue weighted by atomic mass is 9.87. The number of carbonyl (C=O) groups is 1. The average Bonchev–Trinajstić information content (AvgIpc) is 2.46. The number of carbonyl (C=O) groups excluding carboxylic acids is 1. The predicted molar refractivity (Wildman–Crippen MR) is 86.2 cm³/mol. The van der Waals surface area contributed by atoms with Crippen LogP contribution in [0, 0.1) is 0 Å². The first-order valence-corrected chi connectivity index (χ1v) is 6.97. The van der Waals surface area contributed by atoms with Crippen molar-refractivity contribution in [1.29, 1.82) is 0 Å². The van der Waals surface area contributed by atoms with Crippen molar-refractivity contribution in [2.24, 2.45) is 0 Å². The minimum absolute atomic E-state index is 0.127. The second kappa shape index (κ2) is 6.00. The van der Waals surface area contributed by atoms with E-state index in [1.54, 1.807) is 6.07 Å². The van der Waals surface area contributed by atoms with E-state index >= 15 is 0 Å². The number of anilines is 2. The molecule has 0 aromatic heterocycles. The first-order chi connectivity index (χ1) is 9.91. The van der Waals surface area contributed by atoms with E-state index < -0.39 is 0 Å². The highest BCUT2D eigenvalue weighted by Crippen LogP contribution is 2.26. The van der Waals surface area contributed by atoms with Crippen molar-refractivity contribution in [3.63, 3.8) is 0 Å². The van der Waals surface area contributed by atoms with Gasteiger partial charge in [-0.2, -0.15) is 0 Å². The van der Waals surface area contributed by atoms with E-state index in [9.17, 15) is 4.79 Å². The predicted octanol–water partition coefficient (Wildman–Crippen LogP) is 4.51. The zero-order chi connectivity index (χ0) is 15.5. The molecule has 0 amide bonds. The molecule has 0 fully saturated rings. The summed E-state index contributed by atoms with van der Waals surface area (Å²) < 4.78 is 4.80. The standard InChI is InChI=1S/C18H21NO2/c1-18(2,3)13-9-11-14(12-10-13)19-16-8-6-5-7-15(16)17(20)21-4/h5-12,19H,1-4H3. The van der Waals surface area contributed by atoms with E-state index in [2.05, 4.69) is 38.2 Å². The topological polar surface area (TPSA) is 38.3 Å². The van der Waals surface area contributed by atoms with E-state index in [4.69, 9.17) is 4.74 Å². The number of hydrogen-bond donors (Lipinski definition) is 1. The Morgan fingerprint density at radius 1 is 1.00 bits per heavy atom. The maximum atomic E-state index is 11.7. The molecule has 2 aromatic rings. The number of methoxy groups -OCH3 is 1. The van der Waals surface area contributed by atoms with Crippen LogP contribution in [0.25, 0.3) is 0 Å². The monoisotopic (exact) mass is 283 g/mol. The largest absolute Gasteiger partial charge is 0.465 e. The molecule has 21 heavy (non-hydrogen) atoms. The fraction of sp³-hybridized carbons (Fsp3) is 0.278. The molecule has 0 atom stereocenters. The van der Waals surface area contributed by atoms with Crippen molar-refractivity contribution in [3.8, 4) is 0 Å². The third-order valence-electron chi connectivity index (χ3n) is 3.36. The Hall–Kier alpha value is -2.29. The summed E-state index contributed by atoms with van der Waals surface area (Å²) >= 11 is 0. The van der Waals surface area contributed by atoms with Crippen molar-refractivity contribution in [2.75, 3.05) is 12.4 Å². The van der Waals surface area contributed by atoms with E-state index in [1.165, 1.54) is 12.7 Å². The first-order valence-electron chi connectivity index (χ1n) is 6.97. The Kier molecular flexibility index (Phi) is 4.32. The second-order valence-corrected chi connectivity index (χ2v) is 5.99.